The van der Waals surface area contributed by atoms with E-state index >= 15 is 0 Å². The fourth-order valence-corrected chi connectivity index (χ4v) is 2.88. The summed E-state index contributed by atoms with van der Waals surface area (Å²) in [5, 5.41) is 23.8. The molecule has 0 heterocycles. The summed E-state index contributed by atoms with van der Waals surface area (Å²) < 4.78 is 0. The van der Waals surface area contributed by atoms with Gasteiger partial charge >= 0.3 is 5.97 Å². The van der Waals surface area contributed by atoms with E-state index in [1.165, 1.54) is 6.07 Å². The summed E-state index contributed by atoms with van der Waals surface area (Å²) in [6.45, 7) is 1.77. The molecule has 1 aliphatic rings. The molecule has 0 radical (unpaired) electrons. The normalized spacial score (nSPS) is 17.8. The Kier molecular flexibility index (Phi) is 4.45. The second kappa shape index (κ2) is 6.11. The van der Waals surface area contributed by atoms with Gasteiger partial charge in [0.1, 0.15) is 11.2 Å². The molecule has 0 amide bonds. The first-order valence-corrected chi connectivity index (χ1v) is 7.21. The third-order valence-corrected chi connectivity index (χ3v) is 4.09. The lowest BCUT2D eigenvalue weighted by molar-refractivity contribution is -0.384. The van der Waals surface area contributed by atoms with Gasteiger partial charge in [-0.1, -0.05) is 31.7 Å². The number of hydrogen-bond donors (Lipinski definition) is 2. The Morgan fingerprint density at radius 2 is 1.90 bits per heavy atom. The van der Waals surface area contributed by atoms with E-state index in [2.05, 4.69) is 5.32 Å². The zero-order valence-electron chi connectivity index (χ0n) is 12.1. The summed E-state index contributed by atoms with van der Waals surface area (Å²) in [7, 11) is 0. The van der Waals surface area contributed by atoms with Crippen LogP contribution >= 0.6 is 0 Å². The summed E-state index contributed by atoms with van der Waals surface area (Å²) in [5.41, 5.74) is -0.108. The molecular formula is C15H20N2O4. The Balaban J connectivity index is 2.37. The van der Waals surface area contributed by atoms with Crippen molar-refractivity contribution in [3.8, 4) is 0 Å². The smallest absolute Gasteiger partial charge is 0.329 e. The number of carboxylic acid groups (broad SMARTS) is 1. The third kappa shape index (κ3) is 3.32. The van der Waals surface area contributed by atoms with Crippen LogP contribution in [0, 0.1) is 17.0 Å². The Hall–Kier alpha value is -2.11. The molecule has 1 aliphatic carbocycles. The van der Waals surface area contributed by atoms with Crippen molar-refractivity contribution in [1.82, 2.24) is 0 Å². The summed E-state index contributed by atoms with van der Waals surface area (Å²) in [4.78, 5) is 22.5. The summed E-state index contributed by atoms with van der Waals surface area (Å²) in [6, 6.07) is 4.82. The fourth-order valence-electron chi connectivity index (χ4n) is 2.88. The molecule has 0 saturated heterocycles. The lowest BCUT2D eigenvalue weighted by atomic mass is 9.89. The van der Waals surface area contributed by atoms with Crippen molar-refractivity contribution in [3.63, 3.8) is 0 Å². The van der Waals surface area contributed by atoms with Gasteiger partial charge in [-0.25, -0.2) is 4.79 Å². The van der Waals surface area contributed by atoms with Gasteiger partial charge in [0.15, 0.2) is 0 Å². The van der Waals surface area contributed by atoms with Gasteiger partial charge in [0.25, 0.3) is 5.69 Å². The van der Waals surface area contributed by atoms with Gasteiger partial charge in [0.2, 0.25) is 0 Å². The average Bonchev–Trinajstić information content (AvgIpc) is 2.67. The first-order chi connectivity index (χ1) is 9.94. The zero-order valence-corrected chi connectivity index (χ0v) is 12.1. The van der Waals surface area contributed by atoms with Gasteiger partial charge < -0.3 is 10.4 Å². The van der Waals surface area contributed by atoms with E-state index < -0.39 is 16.4 Å². The second-order valence-electron chi connectivity index (χ2n) is 5.70. The number of aryl methyl sites for hydroxylation is 1. The number of nitrogens with one attached hydrogen (secondary N) is 1. The zero-order chi connectivity index (χ0) is 15.5. The quantitative estimate of drug-likeness (QED) is 0.503. The number of nitro benzene ring substituents is 1. The first-order valence-electron chi connectivity index (χ1n) is 7.21. The molecule has 0 atom stereocenters. The summed E-state index contributed by atoms with van der Waals surface area (Å²) >= 11 is 0. The molecule has 114 valence electrons. The molecule has 0 unspecified atom stereocenters. The minimum Gasteiger partial charge on any atom is -0.480 e. The molecule has 1 saturated carbocycles. The highest BCUT2D eigenvalue weighted by molar-refractivity contribution is 5.84. The number of nitrogens with zero attached hydrogens (tertiary/aromatic N) is 1. The van der Waals surface area contributed by atoms with Crippen molar-refractivity contribution in [2.24, 2.45) is 0 Å². The molecule has 6 nitrogen and oxygen atoms in total. The fraction of sp³-hybridized carbons (Fsp3) is 0.533. The number of carbonyl (C=O) groups is 1. The number of hydrogen-bond acceptors (Lipinski definition) is 4. The maximum Gasteiger partial charge on any atom is 0.329 e. The Morgan fingerprint density at radius 3 is 2.43 bits per heavy atom. The molecule has 21 heavy (non-hydrogen) atoms. The van der Waals surface area contributed by atoms with Crippen LogP contribution in [-0.4, -0.2) is 21.5 Å². The van der Waals surface area contributed by atoms with E-state index in [0.29, 0.717) is 12.8 Å². The number of nitro groups is 1. The molecule has 0 aromatic heterocycles. The number of rotatable bonds is 4. The highest BCUT2D eigenvalue weighted by Crippen LogP contribution is 2.34. The van der Waals surface area contributed by atoms with Gasteiger partial charge in [-0.15, -0.1) is 0 Å². The molecule has 1 fully saturated rings. The van der Waals surface area contributed by atoms with Crippen LogP contribution < -0.4 is 5.32 Å². The van der Waals surface area contributed by atoms with Gasteiger partial charge in [-0.05, 0) is 31.4 Å². The van der Waals surface area contributed by atoms with Gasteiger partial charge in [-0.2, -0.15) is 0 Å². The van der Waals surface area contributed by atoms with Crippen molar-refractivity contribution in [1.29, 1.82) is 0 Å². The van der Waals surface area contributed by atoms with Crippen LogP contribution in [0.4, 0.5) is 11.4 Å². The Morgan fingerprint density at radius 1 is 1.29 bits per heavy atom. The minimum absolute atomic E-state index is 0.0696. The molecular weight excluding hydrogens is 272 g/mol. The van der Waals surface area contributed by atoms with Crippen LogP contribution in [0.25, 0.3) is 0 Å². The lowest BCUT2D eigenvalue weighted by Crippen LogP contribution is -2.46. The molecule has 0 bridgehead atoms. The maximum absolute atomic E-state index is 11.7. The largest absolute Gasteiger partial charge is 0.480 e. The van der Waals surface area contributed by atoms with Crippen molar-refractivity contribution in [3.05, 3.63) is 33.9 Å². The predicted octanol–water partition coefficient (Wildman–Crippen LogP) is 3.49. The van der Waals surface area contributed by atoms with E-state index in [0.717, 1.165) is 31.2 Å². The van der Waals surface area contributed by atoms with Crippen LogP contribution in [0.3, 0.4) is 0 Å². The number of carboxylic acids is 1. The summed E-state index contributed by atoms with van der Waals surface area (Å²) in [5.74, 6) is -0.931. The minimum atomic E-state index is -1.10. The van der Waals surface area contributed by atoms with E-state index in [9.17, 15) is 20.0 Å². The Labute approximate surface area is 123 Å². The second-order valence-corrected chi connectivity index (χ2v) is 5.70. The predicted molar refractivity (Wildman–Crippen MR) is 79.5 cm³/mol. The Bertz CT molecular complexity index is 549. The van der Waals surface area contributed by atoms with E-state index in [-0.39, 0.29) is 11.4 Å². The van der Waals surface area contributed by atoms with Crippen molar-refractivity contribution < 1.29 is 14.8 Å². The molecule has 6 heteroatoms. The van der Waals surface area contributed by atoms with E-state index in [1.807, 2.05) is 0 Å². The van der Waals surface area contributed by atoms with Crippen LogP contribution in [-0.2, 0) is 4.79 Å². The average molecular weight is 292 g/mol. The van der Waals surface area contributed by atoms with Crippen molar-refractivity contribution in [2.45, 2.75) is 51.0 Å². The van der Waals surface area contributed by atoms with Crippen LogP contribution in [0.1, 0.15) is 44.1 Å². The van der Waals surface area contributed by atoms with E-state index in [4.69, 9.17) is 0 Å². The van der Waals surface area contributed by atoms with Crippen LogP contribution in [0.5, 0.6) is 0 Å². The van der Waals surface area contributed by atoms with Crippen molar-refractivity contribution >= 4 is 17.3 Å². The van der Waals surface area contributed by atoms with Gasteiger partial charge in [0.05, 0.1) is 4.92 Å². The standard InChI is InChI=1S/C15H20N2O4/c1-11-6-7-12(13(10-11)17(20)21)16-15(14(18)19)8-4-2-3-5-9-15/h6-7,10,16H,2-5,8-9H2,1H3,(H,18,19). The lowest BCUT2D eigenvalue weighted by Gasteiger charge is -2.30. The molecule has 2 N–H and O–H groups in total. The van der Waals surface area contributed by atoms with Crippen LogP contribution in [0.2, 0.25) is 0 Å². The topological polar surface area (TPSA) is 92.5 Å². The number of aliphatic carboxylic acids is 1. The summed E-state index contributed by atoms with van der Waals surface area (Å²) in [6.07, 6.45) is 4.64. The molecule has 0 spiro atoms. The molecule has 1 aromatic rings. The SMILES string of the molecule is Cc1ccc(NC2(C(=O)O)CCCCCC2)c([N+](=O)[O-])c1. The third-order valence-electron chi connectivity index (χ3n) is 4.09. The van der Waals surface area contributed by atoms with Gasteiger partial charge in [-0.3, -0.25) is 10.1 Å². The van der Waals surface area contributed by atoms with Crippen LogP contribution in [0.15, 0.2) is 18.2 Å². The monoisotopic (exact) mass is 292 g/mol. The molecule has 0 aliphatic heterocycles. The maximum atomic E-state index is 11.7. The first kappa shape index (κ1) is 15.3. The van der Waals surface area contributed by atoms with E-state index in [1.54, 1.807) is 19.1 Å². The van der Waals surface area contributed by atoms with Crippen molar-refractivity contribution in [2.75, 3.05) is 5.32 Å². The highest BCUT2D eigenvalue weighted by atomic mass is 16.6. The highest BCUT2D eigenvalue weighted by Gasteiger charge is 2.39. The number of benzene rings is 1. The van der Waals surface area contributed by atoms with Gasteiger partial charge in [0, 0.05) is 6.07 Å². The molecule has 2 rings (SSSR count). The molecule has 1 aromatic carbocycles. The number of anilines is 1.